The van der Waals surface area contributed by atoms with Crippen molar-refractivity contribution in [2.75, 3.05) is 33.5 Å². The lowest BCUT2D eigenvalue weighted by atomic mass is 10.1. The van der Waals surface area contributed by atoms with Crippen LogP contribution >= 0.6 is 11.6 Å². The van der Waals surface area contributed by atoms with Gasteiger partial charge in [0.25, 0.3) is 5.91 Å². The van der Waals surface area contributed by atoms with Gasteiger partial charge in [-0.15, -0.1) is 12.8 Å². The Morgan fingerprint density at radius 1 is 1.06 bits per heavy atom. The lowest BCUT2D eigenvalue weighted by Gasteiger charge is -2.17. The number of benzene rings is 2. The first-order valence-electron chi connectivity index (χ1n) is 9.51. The molecule has 1 atom stereocenters. The molecule has 0 fully saturated rings. The molecule has 7 heteroatoms. The minimum atomic E-state index is -0.846. The van der Waals surface area contributed by atoms with Gasteiger partial charge >= 0.3 is 0 Å². The lowest BCUT2D eigenvalue weighted by Crippen LogP contribution is -2.41. The Morgan fingerprint density at radius 3 is 2.48 bits per heavy atom. The van der Waals surface area contributed by atoms with Crippen molar-refractivity contribution < 1.29 is 23.7 Å². The summed E-state index contributed by atoms with van der Waals surface area (Å²) in [5.74, 6) is 6.17. The molecule has 0 saturated heterocycles. The third-order valence-corrected chi connectivity index (χ3v) is 4.38. The molecule has 0 radical (unpaired) electrons. The van der Waals surface area contributed by atoms with Crippen molar-refractivity contribution >= 4 is 17.5 Å². The van der Waals surface area contributed by atoms with E-state index in [0.29, 0.717) is 35.2 Å². The Balaban J connectivity index is 1.89. The van der Waals surface area contributed by atoms with Crippen molar-refractivity contribution in [2.45, 2.75) is 12.5 Å². The molecule has 1 unspecified atom stereocenters. The first-order valence-corrected chi connectivity index (χ1v) is 9.89. The van der Waals surface area contributed by atoms with Crippen LogP contribution in [0.3, 0.4) is 0 Å². The van der Waals surface area contributed by atoms with E-state index in [4.69, 9.17) is 43.4 Å². The maximum atomic E-state index is 12.5. The normalized spacial score (nSPS) is 11.0. The van der Waals surface area contributed by atoms with Crippen molar-refractivity contribution in [1.82, 2.24) is 5.32 Å². The van der Waals surface area contributed by atoms with E-state index in [1.165, 1.54) is 0 Å². The number of carbonyl (C=O) groups is 1. The number of hydrogen-bond donors (Lipinski definition) is 1. The van der Waals surface area contributed by atoms with E-state index in [1.807, 2.05) is 12.1 Å². The first-order chi connectivity index (χ1) is 15.1. The average Bonchev–Trinajstić information content (AvgIpc) is 2.79. The van der Waals surface area contributed by atoms with Crippen LogP contribution in [-0.2, 0) is 16.0 Å². The Morgan fingerprint density at radius 2 is 1.81 bits per heavy atom. The van der Waals surface area contributed by atoms with E-state index >= 15 is 0 Å². The van der Waals surface area contributed by atoms with Gasteiger partial charge in [-0.3, -0.25) is 4.79 Å². The number of rotatable bonds is 12. The van der Waals surface area contributed by atoms with E-state index in [2.05, 4.69) is 17.2 Å². The highest BCUT2D eigenvalue weighted by atomic mass is 35.5. The molecule has 0 aliphatic rings. The van der Waals surface area contributed by atoms with Crippen LogP contribution in [0.5, 0.6) is 17.2 Å². The highest BCUT2D eigenvalue weighted by molar-refractivity contribution is 6.30. The van der Waals surface area contributed by atoms with Gasteiger partial charge in [0.15, 0.2) is 17.6 Å². The lowest BCUT2D eigenvalue weighted by molar-refractivity contribution is -0.133. The summed E-state index contributed by atoms with van der Waals surface area (Å²) in [6.45, 7) is 0.564. The van der Waals surface area contributed by atoms with Gasteiger partial charge < -0.3 is 24.3 Å². The van der Waals surface area contributed by atoms with Crippen LogP contribution in [0.15, 0.2) is 42.5 Å². The average molecular weight is 442 g/mol. The summed E-state index contributed by atoms with van der Waals surface area (Å²) in [7, 11) is 1.55. The van der Waals surface area contributed by atoms with Crippen LogP contribution in [0.4, 0.5) is 0 Å². The number of ether oxygens (including phenoxy) is 4. The second-order valence-electron chi connectivity index (χ2n) is 6.29. The number of nitrogens with one attached hydrogen (secondary N) is 1. The molecular weight excluding hydrogens is 418 g/mol. The van der Waals surface area contributed by atoms with E-state index in [0.717, 1.165) is 5.56 Å². The molecule has 162 valence electrons. The van der Waals surface area contributed by atoms with Gasteiger partial charge in [-0.25, -0.2) is 0 Å². The molecule has 2 aromatic carbocycles. The zero-order chi connectivity index (χ0) is 22.5. The Hall–Kier alpha value is -3.32. The highest BCUT2D eigenvalue weighted by Crippen LogP contribution is 2.28. The smallest absolute Gasteiger partial charge is 0.252 e. The summed E-state index contributed by atoms with van der Waals surface area (Å²) >= 11 is 5.86. The third-order valence-electron chi connectivity index (χ3n) is 4.13. The molecule has 2 rings (SSSR count). The van der Waals surface area contributed by atoms with Gasteiger partial charge in [0.05, 0.1) is 7.11 Å². The summed E-state index contributed by atoms with van der Waals surface area (Å²) in [4.78, 5) is 12.5. The molecule has 0 spiro atoms. The van der Waals surface area contributed by atoms with Gasteiger partial charge in [-0.05, 0) is 48.4 Å². The van der Waals surface area contributed by atoms with Gasteiger partial charge in [0.2, 0.25) is 0 Å². The zero-order valence-corrected chi connectivity index (χ0v) is 18.0. The maximum absolute atomic E-state index is 12.5. The van der Waals surface area contributed by atoms with E-state index in [-0.39, 0.29) is 25.7 Å². The molecule has 0 aliphatic heterocycles. The number of carbonyl (C=O) groups excluding carboxylic acids is 1. The number of amides is 1. The van der Waals surface area contributed by atoms with Crippen LogP contribution in [0, 0.1) is 24.7 Å². The third kappa shape index (κ3) is 8.14. The summed E-state index contributed by atoms with van der Waals surface area (Å²) in [5, 5.41) is 3.43. The molecule has 0 aromatic heterocycles. The predicted molar refractivity (Wildman–Crippen MR) is 120 cm³/mol. The Bertz CT molecular complexity index is 930. The number of methoxy groups -OCH3 is 1. The molecule has 1 N–H and O–H groups in total. The SMILES string of the molecule is C#CCOc1ccc(CCNC(=O)C(COc2ccc(Cl)cc2)OCC#C)cc1OC. The van der Waals surface area contributed by atoms with E-state index in [1.54, 1.807) is 37.4 Å². The molecule has 1 amide bonds. The fraction of sp³-hybridized carbons (Fsp3) is 0.292. The Kier molecular flexibility index (Phi) is 10.1. The van der Waals surface area contributed by atoms with Crippen molar-refractivity contribution in [1.29, 1.82) is 0 Å². The largest absolute Gasteiger partial charge is 0.493 e. The molecule has 0 heterocycles. The molecule has 6 nitrogen and oxygen atoms in total. The molecule has 0 saturated carbocycles. The molecular formula is C24H24ClNO5. The molecule has 2 aromatic rings. The standard InChI is InChI=1S/C24H24ClNO5/c1-4-14-29-21-11-6-18(16-22(21)28-3)12-13-26-24(27)23(30-15-5-2)17-31-20-9-7-19(25)8-10-20/h1-2,6-11,16,23H,12-15,17H2,3H3,(H,26,27). The van der Waals surface area contributed by atoms with Crippen LogP contribution in [-0.4, -0.2) is 45.5 Å². The fourth-order valence-electron chi connectivity index (χ4n) is 2.60. The summed E-state index contributed by atoms with van der Waals surface area (Å²) < 4.78 is 21.8. The molecule has 0 bridgehead atoms. The number of halogens is 1. The van der Waals surface area contributed by atoms with Crippen molar-refractivity contribution in [3.05, 3.63) is 53.1 Å². The second-order valence-corrected chi connectivity index (χ2v) is 6.72. The van der Waals surface area contributed by atoms with Gasteiger partial charge in [0, 0.05) is 11.6 Å². The number of hydrogen-bond acceptors (Lipinski definition) is 5. The van der Waals surface area contributed by atoms with Crippen LogP contribution < -0.4 is 19.5 Å². The minimum Gasteiger partial charge on any atom is -0.493 e. The quantitative estimate of drug-likeness (QED) is 0.513. The number of terminal acetylenes is 2. The van der Waals surface area contributed by atoms with Gasteiger partial charge in [-0.1, -0.05) is 29.5 Å². The predicted octanol–water partition coefficient (Wildman–Crippen LogP) is 3.12. The van der Waals surface area contributed by atoms with Crippen molar-refractivity contribution in [2.24, 2.45) is 0 Å². The zero-order valence-electron chi connectivity index (χ0n) is 17.2. The topological polar surface area (TPSA) is 66.0 Å². The van der Waals surface area contributed by atoms with E-state index in [9.17, 15) is 4.79 Å². The van der Waals surface area contributed by atoms with Crippen molar-refractivity contribution in [3.8, 4) is 41.9 Å². The fourth-order valence-corrected chi connectivity index (χ4v) is 2.73. The maximum Gasteiger partial charge on any atom is 0.252 e. The second kappa shape index (κ2) is 13.1. The highest BCUT2D eigenvalue weighted by Gasteiger charge is 2.20. The molecule has 31 heavy (non-hydrogen) atoms. The molecule has 0 aliphatic carbocycles. The van der Waals surface area contributed by atoms with Crippen LogP contribution in [0.1, 0.15) is 5.56 Å². The summed E-state index contributed by atoms with van der Waals surface area (Å²) in [5.41, 5.74) is 0.962. The van der Waals surface area contributed by atoms with E-state index < -0.39 is 6.10 Å². The summed E-state index contributed by atoms with van der Waals surface area (Å²) in [6, 6.07) is 12.3. The van der Waals surface area contributed by atoms with Gasteiger partial charge in [-0.2, -0.15) is 0 Å². The Labute approximate surface area is 187 Å². The summed E-state index contributed by atoms with van der Waals surface area (Å²) in [6.07, 6.45) is 10.2. The van der Waals surface area contributed by atoms with Crippen molar-refractivity contribution in [3.63, 3.8) is 0 Å². The van der Waals surface area contributed by atoms with Crippen LogP contribution in [0.25, 0.3) is 0 Å². The minimum absolute atomic E-state index is 0.00160. The van der Waals surface area contributed by atoms with Crippen LogP contribution in [0.2, 0.25) is 5.02 Å². The van der Waals surface area contributed by atoms with Gasteiger partial charge in [0.1, 0.15) is 25.6 Å². The monoisotopic (exact) mass is 441 g/mol. The first kappa shape index (κ1) is 24.0.